The summed E-state index contributed by atoms with van der Waals surface area (Å²) >= 11 is 0. The van der Waals surface area contributed by atoms with Gasteiger partial charge in [-0.3, -0.25) is 19.2 Å². The number of benzene rings is 2. The third-order valence-corrected chi connectivity index (χ3v) is 7.53. The highest BCUT2D eigenvalue weighted by atomic mass is 16.2. The molecular weight excluding hydrogens is 494 g/mol. The largest absolute Gasteiger partial charge is 0.353 e. The Balaban J connectivity index is 1.63. The zero-order chi connectivity index (χ0) is 27.6. The van der Waals surface area contributed by atoms with Crippen LogP contribution in [0.1, 0.15) is 43.2 Å². The van der Waals surface area contributed by atoms with Crippen LogP contribution in [0.3, 0.4) is 0 Å². The quantitative estimate of drug-likeness (QED) is 0.380. The topological polar surface area (TPSA) is 134 Å². The first-order valence-corrected chi connectivity index (χ1v) is 13.9. The van der Waals surface area contributed by atoms with Crippen molar-refractivity contribution in [3.8, 4) is 0 Å². The van der Waals surface area contributed by atoms with E-state index < -0.39 is 30.0 Å². The van der Waals surface area contributed by atoms with E-state index in [-0.39, 0.29) is 30.7 Å². The lowest BCUT2D eigenvalue weighted by atomic mass is 9.96. The zero-order valence-corrected chi connectivity index (χ0v) is 22.3. The van der Waals surface area contributed by atoms with E-state index in [1.807, 2.05) is 60.7 Å². The average Bonchev–Trinajstić information content (AvgIpc) is 3.45. The maximum atomic E-state index is 13.8. The number of nitrogens with one attached hydrogen (secondary N) is 3. The van der Waals surface area contributed by atoms with Crippen molar-refractivity contribution in [2.24, 2.45) is 11.7 Å². The van der Waals surface area contributed by atoms with Crippen molar-refractivity contribution >= 4 is 23.6 Å². The van der Waals surface area contributed by atoms with Gasteiger partial charge in [-0.05, 0) is 56.2 Å². The Hall–Kier alpha value is -3.72. The van der Waals surface area contributed by atoms with E-state index in [9.17, 15) is 19.2 Å². The van der Waals surface area contributed by atoms with Gasteiger partial charge in [-0.2, -0.15) is 0 Å². The van der Waals surface area contributed by atoms with Crippen LogP contribution in [-0.4, -0.2) is 66.3 Å². The van der Waals surface area contributed by atoms with Gasteiger partial charge in [0, 0.05) is 19.5 Å². The number of hydrogen-bond donors (Lipinski definition) is 4. The Kier molecular flexibility index (Phi) is 10.1. The fourth-order valence-electron chi connectivity index (χ4n) is 5.39. The highest BCUT2D eigenvalue weighted by Gasteiger charge is 2.39. The van der Waals surface area contributed by atoms with Gasteiger partial charge in [0.05, 0.1) is 5.92 Å². The maximum absolute atomic E-state index is 13.8. The summed E-state index contributed by atoms with van der Waals surface area (Å²) in [4.78, 5) is 55.8. The molecule has 4 atom stereocenters. The van der Waals surface area contributed by atoms with Crippen molar-refractivity contribution < 1.29 is 19.2 Å². The second-order valence-electron chi connectivity index (χ2n) is 10.4. The fourth-order valence-corrected chi connectivity index (χ4v) is 5.39. The normalized spacial score (nSPS) is 24.5. The molecule has 2 saturated heterocycles. The molecule has 0 aliphatic carbocycles. The van der Waals surface area contributed by atoms with Crippen LogP contribution < -0.4 is 21.7 Å². The minimum atomic E-state index is -0.859. The molecule has 2 fully saturated rings. The SMILES string of the molecule is NCCCC[C@@H]1NC(=O)[C@H]2CCCN2C(=O)[C@@H](Cc2ccccc2)CNC(=O)[C@H](Cc2ccccc2)NC1=O. The van der Waals surface area contributed by atoms with Crippen LogP contribution in [0, 0.1) is 5.92 Å². The first-order chi connectivity index (χ1) is 19.0. The minimum absolute atomic E-state index is 0.110. The van der Waals surface area contributed by atoms with Crippen LogP contribution in [0.25, 0.3) is 0 Å². The summed E-state index contributed by atoms with van der Waals surface area (Å²) in [5, 5.41) is 8.74. The molecule has 2 aromatic carbocycles. The molecule has 208 valence electrons. The summed E-state index contributed by atoms with van der Waals surface area (Å²) in [6.07, 6.45) is 3.72. The van der Waals surface area contributed by atoms with E-state index in [1.54, 1.807) is 4.90 Å². The van der Waals surface area contributed by atoms with Gasteiger partial charge in [0.2, 0.25) is 23.6 Å². The molecule has 0 unspecified atom stereocenters. The minimum Gasteiger partial charge on any atom is -0.353 e. The van der Waals surface area contributed by atoms with Crippen molar-refractivity contribution in [2.45, 2.75) is 63.1 Å². The van der Waals surface area contributed by atoms with Crippen molar-refractivity contribution in [3.05, 3.63) is 71.8 Å². The lowest BCUT2D eigenvalue weighted by Gasteiger charge is -2.29. The van der Waals surface area contributed by atoms with Crippen molar-refractivity contribution in [1.82, 2.24) is 20.9 Å². The number of fused-ring (bicyclic) bond motifs is 1. The Labute approximate surface area is 229 Å². The molecule has 39 heavy (non-hydrogen) atoms. The van der Waals surface area contributed by atoms with E-state index in [1.165, 1.54) is 0 Å². The Bertz CT molecular complexity index is 1130. The van der Waals surface area contributed by atoms with Crippen molar-refractivity contribution in [2.75, 3.05) is 19.6 Å². The monoisotopic (exact) mass is 533 g/mol. The highest BCUT2D eigenvalue weighted by molar-refractivity contribution is 5.95. The lowest BCUT2D eigenvalue weighted by molar-refractivity contribution is -0.142. The van der Waals surface area contributed by atoms with Crippen LogP contribution >= 0.6 is 0 Å². The van der Waals surface area contributed by atoms with Gasteiger partial charge in [0.15, 0.2) is 0 Å². The van der Waals surface area contributed by atoms with Gasteiger partial charge >= 0.3 is 0 Å². The smallest absolute Gasteiger partial charge is 0.243 e. The van der Waals surface area contributed by atoms with Crippen LogP contribution in [0.4, 0.5) is 0 Å². The molecule has 4 amide bonds. The molecule has 9 nitrogen and oxygen atoms in total. The Morgan fingerprint density at radius 1 is 0.769 bits per heavy atom. The summed E-state index contributed by atoms with van der Waals surface area (Å²) in [5.74, 6) is -1.80. The van der Waals surface area contributed by atoms with Gasteiger partial charge in [-0.15, -0.1) is 0 Å². The Morgan fingerprint density at radius 2 is 1.41 bits per heavy atom. The number of rotatable bonds is 8. The molecule has 0 saturated carbocycles. The predicted octanol–water partition coefficient (Wildman–Crippen LogP) is 1.31. The number of amides is 4. The van der Waals surface area contributed by atoms with Crippen LogP contribution in [0.2, 0.25) is 0 Å². The molecule has 0 bridgehead atoms. The van der Waals surface area contributed by atoms with Crippen LogP contribution in [0.5, 0.6) is 0 Å². The molecule has 4 rings (SSSR count). The average molecular weight is 534 g/mol. The third kappa shape index (κ3) is 7.66. The van der Waals surface area contributed by atoms with Crippen LogP contribution in [0.15, 0.2) is 60.7 Å². The second-order valence-corrected chi connectivity index (χ2v) is 10.4. The van der Waals surface area contributed by atoms with E-state index in [0.717, 1.165) is 11.1 Å². The van der Waals surface area contributed by atoms with E-state index in [0.29, 0.717) is 51.6 Å². The summed E-state index contributed by atoms with van der Waals surface area (Å²) in [5.41, 5.74) is 7.53. The van der Waals surface area contributed by atoms with Crippen molar-refractivity contribution in [1.29, 1.82) is 0 Å². The number of carbonyl (C=O) groups is 4. The molecule has 0 radical (unpaired) electrons. The molecule has 2 aliphatic heterocycles. The second kappa shape index (κ2) is 13.9. The third-order valence-electron chi connectivity index (χ3n) is 7.53. The lowest BCUT2D eigenvalue weighted by Crippen LogP contribution is -2.56. The number of carbonyl (C=O) groups excluding carboxylic acids is 4. The standard InChI is InChI=1S/C30H39N5O4/c31-16-8-7-14-24-28(37)34-25(19-22-12-5-2-6-13-22)27(36)32-20-23(18-21-10-3-1-4-11-21)30(39)35-17-9-15-26(35)29(38)33-24/h1-6,10-13,23-26H,7-9,14-20,31H2,(H,32,36)(H,33,38)(H,34,37)/t23-,24-,25-,26+/m0/s1. The first kappa shape index (κ1) is 28.3. The number of nitrogens with two attached hydrogens (primary N) is 1. The number of nitrogens with zero attached hydrogens (tertiary/aromatic N) is 1. The van der Waals surface area contributed by atoms with E-state index in [2.05, 4.69) is 16.0 Å². The summed E-state index contributed by atoms with van der Waals surface area (Å²) in [6, 6.07) is 16.8. The van der Waals surface area contributed by atoms with Crippen molar-refractivity contribution in [3.63, 3.8) is 0 Å². The van der Waals surface area contributed by atoms with E-state index >= 15 is 0 Å². The van der Waals surface area contributed by atoms with Gasteiger partial charge < -0.3 is 26.6 Å². The number of hydrogen-bond acceptors (Lipinski definition) is 5. The predicted molar refractivity (Wildman–Crippen MR) is 148 cm³/mol. The Morgan fingerprint density at radius 3 is 2.08 bits per heavy atom. The first-order valence-electron chi connectivity index (χ1n) is 13.9. The molecule has 5 N–H and O–H groups in total. The zero-order valence-electron chi connectivity index (χ0n) is 22.3. The van der Waals surface area contributed by atoms with Gasteiger partial charge in [0.25, 0.3) is 0 Å². The molecule has 2 aliphatic rings. The summed E-state index contributed by atoms with van der Waals surface area (Å²) in [6.45, 7) is 1.06. The van der Waals surface area contributed by atoms with Crippen LogP contribution in [-0.2, 0) is 32.0 Å². The molecule has 0 aromatic heterocycles. The number of unbranched alkanes of at least 4 members (excludes halogenated alkanes) is 1. The van der Waals surface area contributed by atoms with Gasteiger partial charge in [0.1, 0.15) is 18.1 Å². The summed E-state index contributed by atoms with van der Waals surface area (Å²) < 4.78 is 0. The molecule has 9 heteroatoms. The summed E-state index contributed by atoms with van der Waals surface area (Å²) in [7, 11) is 0. The highest BCUT2D eigenvalue weighted by Crippen LogP contribution is 2.23. The molecule has 2 aromatic rings. The molecule has 0 spiro atoms. The van der Waals surface area contributed by atoms with E-state index in [4.69, 9.17) is 5.73 Å². The van der Waals surface area contributed by atoms with Gasteiger partial charge in [-0.25, -0.2) is 0 Å². The molecular formula is C30H39N5O4. The maximum Gasteiger partial charge on any atom is 0.243 e. The van der Waals surface area contributed by atoms with Gasteiger partial charge in [-0.1, -0.05) is 60.7 Å². The fraction of sp³-hybridized carbons (Fsp3) is 0.467. The molecule has 2 heterocycles.